The Morgan fingerprint density at radius 1 is 1.26 bits per heavy atom. The molecule has 96 valence electrons. The first kappa shape index (κ1) is 11.6. The number of amides is 1. The van der Waals surface area contributed by atoms with Crippen molar-refractivity contribution in [3.63, 3.8) is 0 Å². The van der Waals surface area contributed by atoms with Crippen LogP contribution in [0.4, 0.5) is 0 Å². The van der Waals surface area contributed by atoms with Gasteiger partial charge in [-0.2, -0.15) is 0 Å². The number of rotatable bonds is 3. The minimum Gasteiger partial charge on any atom is -0.268 e. The van der Waals surface area contributed by atoms with Crippen LogP contribution < -0.4 is 11.0 Å². The summed E-state index contributed by atoms with van der Waals surface area (Å²) in [6.07, 6.45) is 6.70. The fourth-order valence-electron chi connectivity index (χ4n) is 1.70. The zero-order chi connectivity index (χ0) is 13.2. The Labute approximate surface area is 109 Å². The van der Waals surface area contributed by atoms with Gasteiger partial charge in [-0.3, -0.25) is 15.0 Å². The lowest BCUT2D eigenvalue weighted by Gasteiger charge is -2.07. The van der Waals surface area contributed by atoms with E-state index in [9.17, 15) is 9.59 Å². The third-order valence-corrected chi connectivity index (χ3v) is 2.92. The lowest BCUT2D eigenvalue weighted by Crippen LogP contribution is -2.32. The SMILES string of the molecule is O=C(Nn1ccccc1=O)c1cnc(C2CC2)nc1. The Morgan fingerprint density at radius 3 is 2.63 bits per heavy atom. The summed E-state index contributed by atoms with van der Waals surface area (Å²) < 4.78 is 1.12. The predicted molar refractivity (Wildman–Crippen MR) is 68.4 cm³/mol. The van der Waals surface area contributed by atoms with Gasteiger partial charge < -0.3 is 0 Å². The average Bonchev–Trinajstić information content (AvgIpc) is 3.26. The number of nitrogens with one attached hydrogen (secondary N) is 1. The third-order valence-electron chi connectivity index (χ3n) is 2.92. The summed E-state index contributed by atoms with van der Waals surface area (Å²) in [6.45, 7) is 0. The predicted octanol–water partition coefficient (Wildman–Crippen LogP) is 0.900. The Balaban J connectivity index is 1.76. The number of hydrogen-bond acceptors (Lipinski definition) is 4. The molecule has 2 aromatic heterocycles. The zero-order valence-corrected chi connectivity index (χ0v) is 10.1. The number of pyridine rings is 1. The molecule has 6 heteroatoms. The van der Waals surface area contributed by atoms with Crippen molar-refractivity contribution in [3.05, 3.63) is 58.5 Å². The van der Waals surface area contributed by atoms with Gasteiger partial charge in [0.2, 0.25) is 0 Å². The molecule has 0 aromatic carbocycles. The zero-order valence-electron chi connectivity index (χ0n) is 10.1. The number of aromatic nitrogens is 3. The number of hydrogen-bond donors (Lipinski definition) is 1. The van der Waals surface area contributed by atoms with Crippen LogP contribution in [-0.2, 0) is 0 Å². The fourth-order valence-corrected chi connectivity index (χ4v) is 1.70. The average molecular weight is 256 g/mol. The van der Waals surface area contributed by atoms with E-state index in [4.69, 9.17) is 0 Å². The van der Waals surface area contributed by atoms with E-state index in [1.807, 2.05) is 0 Å². The van der Waals surface area contributed by atoms with Crippen molar-refractivity contribution in [1.82, 2.24) is 14.6 Å². The molecule has 0 unspecified atom stereocenters. The van der Waals surface area contributed by atoms with Crippen LogP contribution in [0.25, 0.3) is 0 Å². The van der Waals surface area contributed by atoms with Gasteiger partial charge in [-0.15, -0.1) is 0 Å². The molecule has 1 fully saturated rings. The van der Waals surface area contributed by atoms with E-state index in [-0.39, 0.29) is 5.56 Å². The molecule has 1 N–H and O–H groups in total. The van der Waals surface area contributed by atoms with E-state index in [0.29, 0.717) is 11.5 Å². The van der Waals surface area contributed by atoms with E-state index < -0.39 is 5.91 Å². The molecule has 19 heavy (non-hydrogen) atoms. The molecule has 3 rings (SSSR count). The van der Waals surface area contributed by atoms with Gasteiger partial charge >= 0.3 is 0 Å². The second-order valence-electron chi connectivity index (χ2n) is 4.45. The Morgan fingerprint density at radius 2 is 2.00 bits per heavy atom. The lowest BCUT2D eigenvalue weighted by molar-refractivity contribution is 0.101. The maximum Gasteiger partial charge on any atom is 0.273 e. The van der Waals surface area contributed by atoms with Crippen LogP contribution in [0.5, 0.6) is 0 Å². The minimum atomic E-state index is -0.407. The van der Waals surface area contributed by atoms with E-state index in [1.165, 1.54) is 24.7 Å². The topological polar surface area (TPSA) is 76.9 Å². The highest BCUT2D eigenvalue weighted by Crippen LogP contribution is 2.37. The molecule has 1 aliphatic rings. The van der Waals surface area contributed by atoms with Crippen molar-refractivity contribution in [3.8, 4) is 0 Å². The summed E-state index contributed by atoms with van der Waals surface area (Å²) in [7, 11) is 0. The van der Waals surface area contributed by atoms with Crippen molar-refractivity contribution >= 4 is 5.91 Å². The molecule has 6 nitrogen and oxygen atoms in total. The normalized spacial score (nSPS) is 14.1. The minimum absolute atomic E-state index is 0.300. The highest BCUT2D eigenvalue weighted by Gasteiger charge is 2.26. The van der Waals surface area contributed by atoms with Gasteiger partial charge in [0.25, 0.3) is 11.5 Å². The van der Waals surface area contributed by atoms with E-state index in [2.05, 4.69) is 15.4 Å². The summed E-state index contributed by atoms with van der Waals surface area (Å²) in [6, 6.07) is 4.64. The molecule has 0 atom stereocenters. The summed E-state index contributed by atoms with van der Waals surface area (Å²) in [5.41, 5.74) is 2.51. The summed E-state index contributed by atoms with van der Waals surface area (Å²) >= 11 is 0. The molecule has 0 saturated heterocycles. The van der Waals surface area contributed by atoms with Gasteiger partial charge in [0.05, 0.1) is 5.56 Å². The van der Waals surface area contributed by atoms with Crippen LogP contribution in [0.2, 0.25) is 0 Å². The van der Waals surface area contributed by atoms with E-state index in [1.54, 1.807) is 12.1 Å². The summed E-state index contributed by atoms with van der Waals surface area (Å²) in [4.78, 5) is 31.7. The summed E-state index contributed by atoms with van der Waals surface area (Å²) in [5, 5.41) is 0. The molecule has 0 aliphatic heterocycles. The lowest BCUT2D eigenvalue weighted by atomic mass is 10.3. The molecule has 0 bridgehead atoms. The Hall–Kier alpha value is -2.50. The Kier molecular flexibility index (Phi) is 2.83. The van der Waals surface area contributed by atoms with Crippen LogP contribution in [0.3, 0.4) is 0 Å². The first-order valence-corrected chi connectivity index (χ1v) is 6.05. The van der Waals surface area contributed by atoms with Crippen LogP contribution in [0.15, 0.2) is 41.6 Å². The van der Waals surface area contributed by atoms with Gasteiger partial charge in [-0.25, -0.2) is 14.6 Å². The number of carbonyl (C=O) groups is 1. The first-order valence-electron chi connectivity index (χ1n) is 6.05. The number of carbonyl (C=O) groups excluding carboxylic acids is 1. The molecular weight excluding hydrogens is 244 g/mol. The molecule has 0 radical (unpaired) electrons. The Bertz CT molecular complexity index is 659. The molecule has 0 spiro atoms. The molecular formula is C13H12N4O2. The van der Waals surface area contributed by atoms with Gasteiger partial charge in [0, 0.05) is 30.6 Å². The quantitative estimate of drug-likeness (QED) is 0.885. The highest BCUT2D eigenvalue weighted by atomic mass is 16.2. The van der Waals surface area contributed by atoms with Crippen LogP contribution in [-0.4, -0.2) is 20.6 Å². The van der Waals surface area contributed by atoms with Gasteiger partial charge in [0.15, 0.2) is 0 Å². The van der Waals surface area contributed by atoms with Crippen LogP contribution in [0.1, 0.15) is 34.9 Å². The van der Waals surface area contributed by atoms with Crippen molar-refractivity contribution in [2.75, 3.05) is 5.43 Å². The smallest absolute Gasteiger partial charge is 0.268 e. The molecule has 2 aromatic rings. The maximum absolute atomic E-state index is 11.9. The molecule has 1 aliphatic carbocycles. The first-order chi connectivity index (χ1) is 9.24. The fraction of sp³-hybridized carbons (Fsp3) is 0.231. The molecule has 2 heterocycles. The van der Waals surface area contributed by atoms with Gasteiger partial charge in [0.1, 0.15) is 5.82 Å². The van der Waals surface area contributed by atoms with Gasteiger partial charge in [-0.05, 0) is 18.9 Å². The van der Waals surface area contributed by atoms with Crippen molar-refractivity contribution in [2.45, 2.75) is 18.8 Å². The van der Waals surface area contributed by atoms with Crippen LogP contribution >= 0.6 is 0 Å². The van der Waals surface area contributed by atoms with Gasteiger partial charge in [-0.1, -0.05) is 6.07 Å². The van der Waals surface area contributed by atoms with Crippen molar-refractivity contribution in [1.29, 1.82) is 0 Å². The third kappa shape index (κ3) is 2.52. The van der Waals surface area contributed by atoms with E-state index in [0.717, 1.165) is 23.3 Å². The second kappa shape index (κ2) is 4.64. The molecule has 1 amide bonds. The second-order valence-corrected chi connectivity index (χ2v) is 4.45. The largest absolute Gasteiger partial charge is 0.273 e. The van der Waals surface area contributed by atoms with Crippen molar-refractivity contribution < 1.29 is 4.79 Å². The number of nitrogens with zero attached hydrogens (tertiary/aromatic N) is 3. The summed E-state index contributed by atoms with van der Waals surface area (Å²) in [5.74, 6) is 0.831. The van der Waals surface area contributed by atoms with Crippen molar-refractivity contribution in [2.24, 2.45) is 0 Å². The van der Waals surface area contributed by atoms with Crippen LogP contribution in [0, 0.1) is 0 Å². The maximum atomic E-state index is 11.9. The highest BCUT2D eigenvalue weighted by molar-refractivity contribution is 5.99. The monoisotopic (exact) mass is 256 g/mol. The van der Waals surface area contributed by atoms with E-state index >= 15 is 0 Å². The molecule has 1 saturated carbocycles. The standard InChI is InChI=1S/C13H12N4O2/c18-11-3-1-2-6-17(11)16-13(19)10-7-14-12(15-8-10)9-4-5-9/h1-3,6-9H,4-5H2,(H,16,19).